The van der Waals surface area contributed by atoms with Crippen LogP contribution < -0.4 is 10.6 Å². The van der Waals surface area contributed by atoms with E-state index in [9.17, 15) is 14.9 Å². The van der Waals surface area contributed by atoms with Crippen LogP contribution in [0.1, 0.15) is 39.3 Å². The molecule has 39 heavy (non-hydrogen) atoms. The molecule has 6 nitrogen and oxygen atoms in total. The zero-order chi connectivity index (χ0) is 27.2. The summed E-state index contributed by atoms with van der Waals surface area (Å²) in [4.78, 5) is 29.6. The molecule has 5 rings (SSSR count). The molecule has 2 heterocycles. The number of amides is 2. The molecule has 0 saturated carbocycles. The molecule has 196 valence electrons. The Balaban J connectivity index is 1.37. The number of hydrogen-bond donors (Lipinski definition) is 2. The van der Waals surface area contributed by atoms with E-state index in [1.54, 1.807) is 0 Å². The van der Waals surface area contributed by atoms with Crippen molar-refractivity contribution in [3.8, 4) is 6.07 Å². The number of rotatable bonds is 8. The lowest BCUT2D eigenvalue weighted by Gasteiger charge is -2.26. The molecule has 1 unspecified atom stereocenters. The Hall–Kier alpha value is -3.90. The topological polar surface area (TPSA) is 85.2 Å². The number of nitrogens with one attached hydrogen (secondary N) is 2. The van der Waals surface area contributed by atoms with Gasteiger partial charge >= 0.3 is 0 Å². The van der Waals surface area contributed by atoms with Crippen LogP contribution in [-0.2, 0) is 29.1 Å². The number of anilines is 2. The standard InChI is InChI=1S/C31H28N4O2S2/c1-21(36)33-24-13-8-14-25(17-24)38-29(23-11-6-3-7-12-23)30(37)34-31-27(18-32)26-15-16-35(20-28(26)39-31)19-22-9-4-2-5-10-22/h2-14,17,29H,15-16,19-20H2,1H3,(H,33,36)(H,34,37). The molecule has 1 aliphatic rings. The number of carbonyl (C=O) groups is 2. The van der Waals surface area contributed by atoms with Crippen molar-refractivity contribution in [2.45, 2.75) is 36.6 Å². The molecule has 4 aromatic rings. The van der Waals surface area contributed by atoms with Gasteiger partial charge in [0, 0.05) is 42.0 Å². The summed E-state index contributed by atoms with van der Waals surface area (Å²) in [7, 11) is 0. The van der Waals surface area contributed by atoms with Crippen LogP contribution in [-0.4, -0.2) is 23.3 Å². The quantitative estimate of drug-likeness (QED) is 0.240. The summed E-state index contributed by atoms with van der Waals surface area (Å²) in [5, 5.41) is 16.0. The van der Waals surface area contributed by atoms with Crippen molar-refractivity contribution >= 4 is 45.6 Å². The fourth-order valence-corrected chi connectivity index (χ4v) is 7.03. The first-order valence-electron chi connectivity index (χ1n) is 12.7. The SMILES string of the molecule is CC(=O)Nc1cccc(SC(C(=O)Nc2sc3c(c2C#N)CCN(Cc2ccccc2)C3)c2ccccc2)c1. The van der Waals surface area contributed by atoms with Crippen molar-refractivity contribution in [3.05, 3.63) is 112 Å². The van der Waals surface area contributed by atoms with Crippen LogP contribution >= 0.6 is 23.1 Å². The summed E-state index contributed by atoms with van der Waals surface area (Å²) < 4.78 is 0. The maximum absolute atomic E-state index is 13.8. The Labute approximate surface area is 236 Å². The molecule has 0 radical (unpaired) electrons. The van der Waals surface area contributed by atoms with Crippen LogP contribution in [0.3, 0.4) is 0 Å². The predicted molar refractivity (Wildman–Crippen MR) is 158 cm³/mol. The minimum atomic E-state index is -0.543. The predicted octanol–water partition coefficient (Wildman–Crippen LogP) is 6.61. The monoisotopic (exact) mass is 552 g/mol. The third-order valence-corrected chi connectivity index (χ3v) is 8.86. The Morgan fingerprint density at radius 1 is 1.03 bits per heavy atom. The third-order valence-electron chi connectivity index (χ3n) is 6.48. The average molecular weight is 553 g/mol. The third kappa shape index (κ3) is 6.58. The first-order valence-corrected chi connectivity index (χ1v) is 14.4. The van der Waals surface area contributed by atoms with Crippen molar-refractivity contribution in [1.82, 2.24) is 4.90 Å². The number of hydrogen-bond acceptors (Lipinski definition) is 6. The molecular weight excluding hydrogens is 525 g/mol. The molecule has 1 atom stereocenters. The average Bonchev–Trinajstić information content (AvgIpc) is 3.28. The lowest BCUT2D eigenvalue weighted by atomic mass is 10.0. The van der Waals surface area contributed by atoms with E-state index in [0.29, 0.717) is 16.3 Å². The highest BCUT2D eigenvalue weighted by molar-refractivity contribution is 8.00. The van der Waals surface area contributed by atoms with Gasteiger partial charge < -0.3 is 10.6 Å². The minimum Gasteiger partial charge on any atom is -0.326 e. The van der Waals surface area contributed by atoms with Gasteiger partial charge in [-0.15, -0.1) is 23.1 Å². The number of thioether (sulfide) groups is 1. The molecule has 3 aromatic carbocycles. The highest BCUT2D eigenvalue weighted by Gasteiger charge is 2.28. The van der Waals surface area contributed by atoms with Gasteiger partial charge in [0.1, 0.15) is 16.3 Å². The number of nitriles is 1. The van der Waals surface area contributed by atoms with Crippen LogP contribution in [0.5, 0.6) is 0 Å². The first kappa shape index (κ1) is 26.7. The van der Waals surface area contributed by atoms with Crippen LogP contribution in [0.2, 0.25) is 0 Å². The van der Waals surface area contributed by atoms with E-state index in [0.717, 1.165) is 47.0 Å². The smallest absolute Gasteiger partial charge is 0.243 e. The maximum Gasteiger partial charge on any atom is 0.243 e. The largest absolute Gasteiger partial charge is 0.326 e. The van der Waals surface area contributed by atoms with Crippen molar-refractivity contribution < 1.29 is 9.59 Å². The summed E-state index contributed by atoms with van der Waals surface area (Å²) in [6.45, 7) is 3.94. The van der Waals surface area contributed by atoms with Gasteiger partial charge in [-0.3, -0.25) is 14.5 Å². The minimum absolute atomic E-state index is 0.150. The second-order valence-corrected chi connectivity index (χ2v) is 11.7. The number of thiophene rings is 1. The molecule has 0 saturated heterocycles. The molecule has 0 fully saturated rings. The second kappa shape index (κ2) is 12.3. The summed E-state index contributed by atoms with van der Waals surface area (Å²) >= 11 is 2.91. The highest BCUT2D eigenvalue weighted by Crippen LogP contribution is 2.40. The number of benzene rings is 3. The maximum atomic E-state index is 13.8. The van der Waals surface area contributed by atoms with Gasteiger partial charge in [0.25, 0.3) is 0 Å². The molecule has 1 aliphatic heterocycles. The van der Waals surface area contributed by atoms with Crippen molar-refractivity contribution in [2.24, 2.45) is 0 Å². The second-order valence-electron chi connectivity index (χ2n) is 9.37. The lowest BCUT2D eigenvalue weighted by Crippen LogP contribution is -2.29. The van der Waals surface area contributed by atoms with Gasteiger partial charge in [0.2, 0.25) is 11.8 Å². The number of nitrogens with zero attached hydrogens (tertiary/aromatic N) is 2. The molecule has 2 N–H and O–H groups in total. The van der Waals surface area contributed by atoms with Gasteiger partial charge in [-0.1, -0.05) is 66.7 Å². The number of carbonyl (C=O) groups excluding carboxylic acids is 2. The Morgan fingerprint density at radius 3 is 2.49 bits per heavy atom. The van der Waals surface area contributed by atoms with E-state index >= 15 is 0 Å². The van der Waals surface area contributed by atoms with Crippen molar-refractivity contribution in [3.63, 3.8) is 0 Å². The molecule has 2 amide bonds. The van der Waals surface area contributed by atoms with Gasteiger partial charge in [0.05, 0.1) is 5.56 Å². The van der Waals surface area contributed by atoms with E-state index in [1.807, 2.05) is 60.7 Å². The van der Waals surface area contributed by atoms with Gasteiger partial charge in [-0.05, 0) is 41.3 Å². The van der Waals surface area contributed by atoms with E-state index in [1.165, 1.54) is 35.6 Å². The van der Waals surface area contributed by atoms with Crippen LogP contribution in [0.25, 0.3) is 0 Å². The van der Waals surface area contributed by atoms with Crippen LogP contribution in [0.15, 0.2) is 89.8 Å². The molecule has 8 heteroatoms. The van der Waals surface area contributed by atoms with Crippen LogP contribution in [0.4, 0.5) is 10.7 Å². The first-order chi connectivity index (χ1) is 19.0. The summed E-state index contributed by atoms with van der Waals surface area (Å²) in [6.07, 6.45) is 0.782. The van der Waals surface area contributed by atoms with Gasteiger partial charge in [0.15, 0.2) is 0 Å². The van der Waals surface area contributed by atoms with Crippen LogP contribution in [0, 0.1) is 11.3 Å². The summed E-state index contributed by atoms with van der Waals surface area (Å²) in [5.41, 5.74) is 4.43. The molecule has 0 bridgehead atoms. The fourth-order valence-electron chi connectivity index (χ4n) is 4.70. The lowest BCUT2D eigenvalue weighted by molar-refractivity contribution is -0.116. The zero-order valence-corrected chi connectivity index (χ0v) is 23.1. The molecule has 0 aliphatic carbocycles. The number of fused-ring (bicyclic) bond motifs is 1. The summed E-state index contributed by atoms with van der Waals surface area (Å²) in [5.74, 6) is -0.338. The van der Waals surface area contributed by atoms with E-state index in [4.69, 9.17) is 0 Å². The fraction of sp³-hybridized carbons (Fsp3) is 0.194. The Bertz CT molecular complexity index is 1510. The van der Waals surface area contributed by atoms with Crippen molar-refractivity contribution in [2.75, 3.05) is 17.2 Å². The summed E-state index contributed by atoms with van der Waals surface area (Å²) in [6, 6.07) is 29.8. The van der Waals surface area contributed by atoms with Gasteiger partial charge in [-0.25, -0.2) is 0 Å². The highest BCUT2D eigenvalue weighted by atomic mass is 32.2. The molecular formula is C31H28N4O2S2. The Kier molecular flexibility index (Phi) is 8.42. The normalized spacial score (nSPS) is 13.6. The van der Waals surface area contributed by atoms with E-state index in [-0.39, 0.29) is 11.8 Å². The zero-order valence-electron chi connectivity index (χ0n) is 21.5. The van der Waals surface area contributed by atoms with E-state index in [2.05, 4.69) is 45.9 Å². The molecule has 0 spiro atoms. The van der Waals surface area contributed by atoms with Gasteiger partial charge in [-0.2, -0.15) is 5.26 Å². The van der Waals surface area contributed by atoms with E-state index < -0.39 is 5.25 Å². The van der Waals surface area contributed by atoms with Crippen molar-refractivity contribution in [1.29, 1.82) is 5.26 Å². The Morgan fingerprint density at radius 2 is 1.77 bits per heavy atom. The molecule has 1 aromatic heterocycles.